The van der Waals surface area contributed by atoms with Gasteiger partial charge in [0.2, 0.25) is 0 Å². The Labute approximate surface area is 113 Å². The lowest BCUT2D eigenvalue weighted by Crippen LogP contribution is -2.43. The molecule has 2 rings (SSSR count). The molecule has 17 heavy (non-hydrogen) atoms. The first kappa shape index (κ1) is 12.7. The first-order valence-corrected chi connectivity index (χ1v) is 6.60. The predicted molar refractivity (Wildman–Crippen MR) is 74.0 cm³/mol. The topological polar surface area (TPSA) is 58.4 Å². The Morgan fingerprint density at radius 1 is 1.41 bits per heavy atom. The van der Waals surface area contributed by atoms with Gasteiger partial charge in [0.15, 0.2) is 0 Å². The number of nitro groups is 1. The van der Waals surface area contributed by atoms with Crippen LogP contribution in [0, 0.1) is 13.7 Å². The first-order valence-electron chi connectivity index (χ1n) is 5.53. The Morgan fingerprint density at radius 2 is 2.12 bits per heavy atom. The van der Waals surface area contributed by atoms with E-state index in [4.69, 9.17) is 0 Å². The highest BCUT2D eigenvalue weighted by Gasteiger charge is 2.13. The Balaban J connectivity index is 2.08. The fourth-order valence-electron chi connectivity index (χ4n) is 1.89. The molecule has 6 heteroatoms. The fourth-order valence-corrected chi connectivity index (χ4v) is 2.56. The molecule has 0 radical (unpaired) electrons. The van der Waals surface area contributed by atoms with Crippen molar-refractivity contribution in [3.8, 4) is 0 Å². The number of halogens is 1. The van der Waals surface area contributed by atoms with Crippen LogP contribution in [0.15, 0.2) is 18.2 Å². The van der Waals surface area contributed by atoms with Gasteiger partial charge in [-0.15, -0.1) is 0 Å². The highest BCUT2D eigenvalue weighted by atomic mass is 127. The van der Waals surface area contributed by atoms with Crippen molar-refractivity contribution in [1.29, 1.82) is 0 Å². The molecule has 0 saturated carbocycles. The number of nitro benzene ring substituents is 1. The van der Waals surface area contributed by atoms with Gasteiger partial charge in [0.1, 0.15) is 0 Å². The molecule has 92 valence electrons. The number of benzene rings is 1. The van der Waals surface area contributed by atoms with E-state index in [9.17, 15) is 10.1 Å². The third-order valence-corrected chi connectivity index (χ3v) is 3.86. The van der Waals surface area contributed by atoms with Crippen LogP contribution < -0.4 is 5.32 Å². The highest BCUT2D eigenvalue weighted by molar-refractivity contribution is 14.1. The van der Waals surface area contributed by atoms with Gasteiger partial charge in [0.25, 0.3) is 5.69 Å². The van der Waals surface area contributed by atoms with Crippen LogP contribution in [0.3, 0.4) is 0 Å². The number of non-ortho nitro benzene ring substituents is 1. The van der Waals surface area contributed by atoms with E-state index in [1.807, 2.05) is 6.07 Å². The summed E-state index contributed by atoms with van der Waals surface area (Å²) in [6.45, 7) is 4.98. The van der Waals surface area contributed by atoms with Crippen molar-refractivity contribution < 1.29 is 4.92 Å². The van der Waals surface area contributed by atoms with Gasteiger partial charge in [-0.2, -0.15) is 0 Å². The minimum absolute atomic E-state index is 0.165. The summed E-state index contributed by atoms with van der Waals surface area (Å²) >= 11 is 2.17. The lowest BCUT2D eigenvalue weighted by molar-refractivity contribution is -0.385. The molecule has 1 saturated heterocycles. The fraction of sp³-hybridized carbons (Fsp3) is 0.455. The van der Waals surface area contributed by atoms with Crippen molar-refractivity contribution in [2.75, 3.05) is 26.2 Å². The second-order valence-electron chi connectivity index (χ2n) is 4.06. The molecule has 1 fully saturated rings. The standard InChI is InChI=1S/C11H14IN3O2/c12-11-7-10(15(16)17)2-1-9(11)8-14-5-3-13-4-6-14/h1-2,7,13H,3-6,8H2. The van der Waals surface area contributed by atoms with Crippen molar-refractivity contribution in [1.82, 2.24) is 10.2 Å². The molecular formula is C11H14IN3O2. The zero-order valence-corrected chi connectivity index (χ0v) is 11.5. The van der Waals surface area contributed by atoms with Crippen LogP contribution in [0.2, 0.25) is 0 Å². The van der Waals surface area contributed by atoms with E-state index in [0.29, 0.717) is 0 Å². The molecule has 0 spiro atoms. The van der Waals surface area contributed by atoms with E-state index in [-0.39, 0.29) is 10.6 Å². The van der Waals surface area contributed by atoms with Crippen molar-refractivity contribution in [2.45, 2.75) is 6.54 Å². The SMILES string of the molecule is O=[N+]([O-])c1ccc(CN2CCNCC2)c(I)c1. The van der Waals surface area contributed by atoms with Crippen LogP contribution in [0.5, 0.6) is 0 Å². The molecule has 0 aliphatic carbocycles. The second-order valence-corrected chi connectivity index (χ2v) is 5.22. The monoisotopic (exact) mass is 347 g/mol. The van der Waals surface area contributed by atoms with Gasteiger partial charge in [-0.25, -0.2) is 0 Å². The maximum atomic E-state index is 10.6. The van der Waals surface area contributed by atoms with Gasteiger partial charge in [0, 0.05) is 48.4 Å². The summed E-state index contributed by atoms with van der Waals surface area (Å²) in [5.74, 6) is 0. The van der Waals surface area contributed by atoms with Gasteiger partial charge in [-0.3, -0.25) is 15.0 Å². The van der Waals surface area contributed by atoms with Gasteiger partial charge >= 0.3 is 0 Å². The number of hydrogen-bond donors (Lipinski definition) is 1. The molecule has 1 aromatic rings. The largest absolute Gasteiger partial charge is 0.314 e. The van der Waals surface area contributed by atoms with Gasteiger partial charge in [0.05, 0.1) is 4.92 Å². The Hall–Kier alpha value is -0.730. The lowest BCUT2D eigenvalue weighted by atomic mass is 10.2. The number of rotatable bonds is 3. The summed E-state index contributed by atoms with van der Waals surface area (Å²) in [5.41, 5.74) is 1.33. The molecule has 1 aromatic carbocycles. The van der Waals surface area contributed by atoms with E-state index < -0.39 is 0 Å². The van der Waals surface area contributed by atoms with Crippen molar-refractivity contribution in [3.63, 3.8) is 0 Å². The van der Waals surface area contributed by atoms with E-state index in [2.05, 4.69) is 32.8 Å². The summed E-state index contributed by atoms with van der Waals surface area (Å²) in [4.78, 5) is 12.6. The summed E-state index contributed by atoms with van der Waals surface area (Å²) in [6, 6.07) is 5.08. The molecule has 0 bridgehead atoms. The Bertz CT molecular complexity index is 419. The first-order chi connectivity index (χ1) is 8.16. The molecule has 1 heterocycles. The average molecular weight is 347 g/mol. The van der Waals surface area contributed by atoms with Crippen LogP contribution in [-0.4, -0.2) is 36.0 Å². The molecule has 1 aliphatic rings. The molecule has 1 aliphatic heterocycles. The minimum atomic E-state index is -0.350. The van der Waals surface area contributed by atoms with Gasteiger partial charge < -0.3 is 5.32 Å². The summed E-state index contributed by atoms with van der Waals surface area (Å²) in [6.07, 6.45) is 0. The molecule has 5 nitrogen and oxygen atoms in total. The van der Waals surface area contributed by atoms with Crippen LogP contribution in [-0.2, 0) is 6.54 Å². The Morgan fingerprint density at radius 3 is 2.71 bits per heavy atom. The molecule has 0 unspecified atom stereocenters. The maximum absolute atomic E-state index is 10.6. The predicted octanol–water partition coefficient (Wildman–Crippen LogP) is 1.60. The summed E-state index contributed by atoms with van der Waals surface area (Å²) in [7, 11) is 0. The molecule has 0 atom stereocenters. The number of hydrogen-bond acceptors (Lipinski definition) is 4. The third kappa shape index (κ3) is 3.36. The normalized spacial score (nSPS) is 17.0. The quantitative estimate of drug-likeness (QED) is 0.513. The molecule has 0 aromatic heterocycles. The molecule has 0 amide bonds. The van der Waals surface area contributed by atoms with E-state index in [0.717, 1.165) is 41.9 Å². The van der Waals surface area contributed by atoms with Crippen LogP contribution in [0.25, 0.3) is 0 Å². The second kappa shape index (κ2) is 5.74. The van der Waals surface area contributed by atoms with Crippen LogP contribution in [0.4, 0.5) is 5.69 Å². The summed E-state index contributed by atoms with van der Waals surface area (Å²) < 4.78 is 0.968. The van der Waals surface area contributed by atoms with Gasteiger partial charge in [-0.1, -0.05) is 0 Å². The van der Waals surface area contributed by atoms with E-state index in [1.54, 1.807) is 12.1 Å². The third-order valence-electron chi connectivity index (χ3n) is 2.85. The number of piperazine rings is 1. The number of nitrogens with zero attached hydrogens (tertiary/aromatic N) is 2. The van der Waals surface area contributed by atoms with E-state index >= 15 is 0 Å². The smallest absolute Gasteiger partial charge is 0.270 e. The van der Waals surface area contributed by atoms with Crippen molar-refractivity contribution in [2.24, 2.45) is 0 Å². The molecular weight excluding hydrogens is 333 g/mol. The zero-order valence-electron chi connectivity index (χ0n) is 9.36. The number of nitrogens with one attached hydrogen (secondary N) is 1. The zero-order chi connectivity index (χ0) is 12.3. The summed E-state index contributed by atoms with van der Waals surface area (Å²) in [5, 5.41) is 13.9. The van der Waals surface area contributed by atoms with Crippen LogP contribution >= 0.6 is 22.6 Å². The Kier molecular flexibility index (Phi) is 4.30. The van der Waals surface area contributed by atoms with Crippen molar-refractivity contribution in [3.05, 3.63) is 37.4 Å². The molecule has 1 N–H and O–H groups in total. The van der Waals surface area contributed by atoms with E-state index in [1.165, 1.54) is 0 Å². The minimum Gasteiger partial charge on any atom is -0.314 e. The van der Waals surface area contributed by atoms with Crippen molar-refractivity contribution >= 4 is 28.3 Å². The average Bonchev–Trinajstić information content (AvgIpc) is 2.33. The van der Waals surface area contributed by atoms with Gasteiger partial charge in [-0.05, 0) is 34.2 Å². The maximum Gasteiger partial charge on any atom is 0.270 e. The highest BCUT2D eigenvalue weighted by Crippen LogP contribution is 2.21. The van der Waals surface area contributed by atoms with Crippen LogP contribution in [0.1, 0.15) is 5.56 Å². The lowest BCUT2D eigenvalue weighted by Gasteiger charge is -2.27.